The molecular formula is C23H28AsClN3O7. The number of benzene rings is 1. The third-order valence-electron chi connectivity index (χ3n) is 7.06. The minimum Gasteiger partial charge on any atom is -1.00 e. The summed E-state index contributed by atoms with van der Waals surface area (Å²) >= 11 is 0. The molecule has 0 spiro atoms. The molecule has 35 heavy (non-hydrogen) atoms. The first-order valence-electron chi connectivity index (χ1n) is 10.5. The number of Topliss-reactive ketones (excluding diaryl/α,β-unsaturated/α-hetero) is 2. The number of aliphatic hydroxyl groups is 3. The minimum absolute atomic E-state index is 0. The van der Waals surface area contributed by atoms with Crippen molar-refractivity contribution in [1.82, 2.24) is 4.90 Å². The van der Waals surface area contributed by atoms with Crippen LogP contribution in [-0.2, 0) is 20.8 Å². The van der Waals surface area contributed by atoms with Gasteiger partial charge in [-0.2, -0.15) is 0 Å². The summed E-state index contributed by atoms with van der Waals surface area (Å²) in [7, 11) is 6.75. The molecular weight excluding hydrogens is 541 g/mol. The number of aromatic hydroxyl groups is 1. The molecule has 0 saturated heterocycles. The topological polar surface area (TPSA) is 165 Å². The molecule has 1 fully saturated rings. The molecule has 0 unspecified atom stereocenters. The van der Waals surface area contributed by atoms with Gasteiger partial charge in [-0.3, -0.25) is 19.3 Å². The Morgan fingerprint density at radius 1 is 1.14 bits per heavy atom. The molecule has 12 heteroatoms. The number of likely N-dealkylation sites (N-methyl/N-ethyl adjacent to an activating group) is 1. The summed E-state index contributed by atoms with van der Waals surface area (Å²) in [6, 6.07) is 2.01. The van der Waals surface area contributed by atoms with E-state index in [1.54, 1.807) is 20.2 Å². The molecule has 3 radical (unpaired) electrons. The second kappa shape index (κ2) is 9.50. The summed E-state index contributed by atoms with van der Waals surface area (Å²) in [5, 5.41) is 43.9. The van der Waals surface area contributed by atoms with Gasteiger partial charge >= 0.3 is 1.43 Å². The maximum atomic E-state index is 13.7. The fraction of sp³-hybridized carbons (Fsp3) is 0.435. The van der Waals surface area contributed by atoms with Crippen LogP contribution in [0.5, 0.6) is 5.75 Å². The molecule has 189 valence electrons. The maximum Gasteiger partial charge on any atom is 1.00 e. The Morgan fingerprint density at radius 3 is 2.26 bits per heavy atom. The number of amides is 1. The van der Waals surface area contributed by atoms with Gasteiger partial charge in [-0.25, -0.2) is 0 Å². The number of carbonyl (C=O) groups excluding carboxylic acids is 3. The van der Waals surface area contributed by atoms with Gasteiger partial charge in [-0.1, -0.05) is 0 Å². The first-order valence-corrected chi connectivity index (χ1v) is 10.5. The zero-order chi connectivity index (χ0) is 24.6. The van der Waals surface area contributed by atoms with Gasteiger partial charge in [0.15, 0.2) is 11.4 Å². The minimum atomic E-state index is -2.63. The molecule has 0 aliphatic heterocycles. The Labute approximate surface area is 221 Å². The number of aliphatic hydroxyl groups excluding tert-OH is 2. The Hall–Kier alpha value is -2.52. The first-order chi connectivity index (χ1) is 15.3. The number of primary amides is 1. The summed E-state index contributed by atoms with van der Waals surface area (Å²) in [5.74, 6) is -6.54. The van der Waals surface area contributed by atoms with Crippen molar-refractivity contribution < 1.29 is 48.6 Å². The van der Waals surface area contributed by atoms with E-state index in [0.717, 1.165) is 5.69 Å². The van der Waals surface area contributed by atoms with Crippen LogP contribution in [0.3, 0.4) is 0 Å². The number of hydrogen-bond donors (Lipinski definition) is 5. The largest absolute Gasteiger partial charge is 1.00 e. The summed E-state index contributed by atoms with van der Waals surface area (Å²) in [5.41, 5.74) is 3.15. The summed E-state index contributed by atoms with van der Waals surface area (Å²) in [6.07, 6.45) is 0.324. The van der Waals surface area contributed by atoms with Crippen LogP contribution in [0.25, 0.3) is 5.76 Å². The number of halogens is 1. The van der Waals surface area contributed by atoms with Gasteiger partial charge in [0.1, 0.15) is 22.8 Å². The van der Waals surface area contributed by atoms with Crippen molar-refractivity contribution in [3.8, 4) is 5.75 Å². The molecule has 4 atom stereocenters. The molecule has 1 aromatic rings. The smallest absolute Gasteiger partial charge is 1.00 e. The van der Waals surface area contributed by atoms with Crippen LogP contribution in [0.2, 0.25) is 0 Å². The van der Waals surface area contributed by atoms with E-state index in [4.69, 9.17) is 5.73 Å². The number of nitrogens with two attached hydrogens (primary N) is 1. The van der Waals surface area contributed by atoms with Gasteiger partial charge in [0, 0.05) is 49.2 Å². The van der Waals surface area contributed by atoms with E-state index in [2.05, 4.69) is 0 Å². The molecule has 0 aromatic heterocycles. The molecule has 1 aromatic carbocycles. The molecule has 1 saturated carbocycles. The quantitative estimate of drug-likeness (QED) is 0.186. The number of phenolic OH excluding ortho intramolecular Hbond substituents is 1. The second-order valence-electron chi connectivity index (χ2n) is 9.31. The Balaban J connectivity index is 0.00000216. The molecule has 0 heterocycles. The van der Waals surface area contributed by atoms with Gasteiger partial charge in [-0.15, -0.1) is 0 Å². The fourth-order valence-electron chi connectivity index (χ4n) is 5.65. The van der Waals surface area contributed by atoms with Gasteiger partial charge in [0.05, 0.1) is 11.6 Å². The van der Waals surface area contributed by atoms with Crippen molar-refractivity contribution in [3.63, 3.8) is 0 Å². The molecule has 1 amide bonds. The zero-order valence-electron chi connectivity index (χ0n) is 20.6. The zero-order valence-corrected chi connectivity index (χ0v) is 22.2. The number of nitrogens with zero attached hydrogens (tertiary/aromatic N) is 2. The van der Waals surface area contributed by atoms with Crippen molar-refractivity contribution in [1.29, 1.82) is 0 Å². The van der Waals surface area contributed by atoms with Crippen LogP contribution in [-0.4, -0.2) is 101 Å². The number of phenols is 1. The van der Waals surface area contributed by atoms with Crippen molar-refractivity contribution in [2.75, 3.05) is 33.1 Å². The monoisotopic (exact) mass is 568 g/mol. The van der Waals surface area contributed by atoms with E-state index in [9.17, 15) is 34.8 Å². The van der Waals surface area contributed by atoms with Crippen molar-refractivity contribution in [2.24, 2.45) is 17.6 Å². The van der Waals surface area contributed by atoms with E-state index >= 15 is 0 Å². The Kier molecular flexibility index (Phi) is 7.79. The van der Waals surface area contributed by atoms with Gasteiger partial charge < -0.3 is 43.5 Å². The average molecular weight is 569 g/mol. The maximum absolute atomic E-state index is 13.7. The SMILES string of the molecule is CN(C)c1ccc(O)c2c1C[C@H]1C[C@H]3[C@H](N(C)C)C(=O)C(C(N)=O)=C(O)[C@@]3(O)C(=O)C1=C2O.[As].[Cl-].[H+]. The van der Waals surface area contributed by atoms with Crippen molar-refractivity contribution in [3.05, 3.63) is 40.2 Å². The van der Waals surface area contributed by atoms with Crippen LogP contribution in [0, 0.1) is 11.8 Å². The number of carbonyl (C=O) groups is 3. The number of ketones is 2. The summed E-state index contributed by atoms with van der Waals surface area (Å²) < 4.78 is 0. The van der Waals surface area contributed by atoms with Crippen LogP contribution >= 0.6 is 0 Å². The van der Waals surface area contributed by atoms with Crippen LogP contribution < -0.4 is 23.0 Å². The Morgan fingerprint density at radius 2 is 1.74 bits per heavy atom. The molecule has 0 bridgehead atoms. The number of anilines is 1. The van der Waals surface area contributed by atoms with Crippen LogP contribution in [0.4, 0.5) is 5.69 Å². The van der Waals surface area contributed by atoms with E-state index in [1.165, 1.54) is 11.0 Å². The number of fused-ring (bicyclic) bond motifs is 3. The fourth-order valence-corrected chi connectivity index (χ4v) is 5.65. The second-order valence-corrected chi connectivity index (χ2v) is 9.31. The van der Waals surface area contributed by atoms with Gasteiger partial charge in [-0.05, 0) is 50.6 Å². The summed E-state index contributed by atoms with van der Waals surface area (Å²) in [6.45, 7) is 0. The molecule has 10 nitrogen and oxygen atoms in total. The third-order valence-corrected chi connectivity index (χ3v) is 7.06. The predicted octanol–water partition coefficient (Wildman–Crippen LogP) is -3.23. The molecule has 4 rings (SSSR count). The van der Waals surface area contributed by atoms with E-state index in [1.807, 2.05) is 19.0 Å². The normalized spacial score (nSPS) is 27.4. The average Bonchev–Trinajstić information content (AvgIpc) is 2.70. The first kappa shape index (κ1) is 28.7. The summed E-state index contributed by atoms with van der Waals surface area (Å²) in [4.78, 5) is 42.0. The van der Waals surface area contributed by atoms with Gasteiger partial charge in [0.2, 0.25) is 5.78 Å². The number of rotatable bonds is 3. The van der Waals surface area contributed by atoms with E-state index < -0.39 is 58.0 Å². The molecule has 3 aliphatic carbocycles. The van der Waals surface area contributed by atoms with Crippen LogP contribution in [0.15, 0.2) is 29.0 Å². The van der Waals surface area contributed by atoms with Crippen LogP contribution in [0.1, 0.15) is 19.0 Å². The standard InChI is InChI=1S/C23H27N3O7.As.ClH/c1-25(2)12-5-6-13(27)15-10(12)7-9-8-11-17(26(3)4)19(29)16(22(24)32)21(31)23(11,33)20(30)14(9)18(15)28;;/h5-6,9,11,17,27-28,31,33H,7-8H2,1-4H3,(H2,24,32);;1H/t9-,11-,17-,23-;;/m0../s1. The van der Waals surface area contributed by atoms with Gasteiger partial charge in [0.25, 0.3) is 5.91 Å². The third kappa shape index (κ3) is 3.83. The number of hydrogen-bond acceptors (Lipinski definition) is 9. The van der Waals surface area contributed by atoms with Crippen molar-refractivity contribution >= 4 is 46.9 Å². The van der Waals surface area contributed by atoms with E-state index in [0.29, 0.717) is 5.56 Å². The predicted molar refractivity (Wildman–Crippen MR) is 125 cm³/mol. The van der Waals surface area contributed by atoms with E-state index in [-0.39, 0.29) is 61.5 Å². The Bertz CT molecular complexity index is 1190. The molecule has 3 aliphatic rings. The molecule has 6 N–H and O–H groups in total. The van der Waals surface area contributed by atoms with Crippen molar-refractivity contribution in [2.45, 2.75) is 24.5 Å².